The first-order valence-corrected chi connectivity index (χ1v) is 7.68. The average Bonchev–Trinajstić information content (AvgIpc) is 2.89. The molecule has 2 rings (SSSR count). The van der Waals surface area contributed by atoms with Crippen molar-refractivity contribution in [3.63, 3.8) is 0 Å². The van der Waals surface area contributed by atoms with Gasteiger partial charge in [-0.2, -0.15) is 0 Å². The third-order valence-corrected chi connectivity index (χ3v) is 4.32. The van der Waals surface area contributed by atoms with E-state index in [1.54, 1.807) is 12.1 Å². The Hall–Kier alpha value is -1.34. The van der Waals surface area contributed by atoms with Gasteiger partial charge in [-0.1, -0.05) is 15.9 Å². The Balaban J connectivity index is 2.13. The van der Waals surface area contributed by atoms with E-state index in [1.807, 2.05) is 0 Å². The molecule has 1 atom stereocenters. The molecular weight excluding hydrogens is 349 g/mol. The van der Waals surface area contributed by atoms with Crippen molar-refractivity contribution in [2.75, 3.05) is 11.6 Å². The summed E-state index contributed by atoms with van der Waals surface area (Å²) in [6.45, 7) is 0. The topological polar surface area (TPSA) is 57.6 Å². The quantitative estimate of drug-likeness (QED) is 0.842. The number of thioether (sulfide) groups is 1. The molecule has 1 heterocycles. The zero-order valence-corrected chi connectivity index (χ0v) is 12.7. The van der Waals surface area contributed by atoms with Gasteiger partial charge < -0.3 is 10.0 Å². The van der Waals surface area contributed by atoms with Crippen LogP contribution in [0.15, 0.2) is 28.7 Å². The molecule has 0 radical (unpaired) electrons. The van der Waals surface area contributed by atoms with Crippen LogP contribution in [0.1, 0.15) is 5.56 Å². The minimum atomic E-state index is -1.02. The van der Waals surface area contributed by atoms with Gasteiger partial charge >= 0.3 is 5.97 Å². The number of hydrogen-bond acceptors (Lipinski definition) is 3. The average molecular weight is 360 g/mol. The van der Waals surface area contributed by atoms with Gasteiger partial charge in [-0.05, 0) is 24.3 Å². The lowest BCUT2D eigenvalue weighted by Gasteiger charge is -2.18. The van der Waals surface area contributed by atoms with Crippen LogP contribution in [0.25, 0.3) is 6.08 Å². The van der Waals surface area contributed by atoms with Crippen LogP contribution in [0.3, 0.4) is 0 Å². The maximum Gasteiger partial charge on any atom is 0.327 e. The summed E-state index contributed by atoms with van der Waals surface area (Å²) >= 11 is 4.60. The zero-order valence-electron chi connectivity index (χ0n) is 10.3. The fraction of sp³-hybridized carbons (Fsp3) is 0.231. The van der Waals surface area contributed by atoms with Crippen LogP contribution in [0.5, 0.6) is 0 Å². The SMILES string of the molecule is O=C(O)C1CSCN1C(=O)/C=C/c1cc(Br)ccc1F. The number of carboxylic acids is 1. The van der Waals surface area contributed by atoms with Crippen molar-refractivity contribution in [3.05, 3.63) is 40.1 Å². The summed E-state index contributed by atoms with van der Waals surface area (Å²) in [4.78, 5) is 24.2. The van der Waals surface area contributed by atoms with Gasteiger partial charge in [-0.15, -0.1) is 11.8 Å². The van der Waals surface area contributed by atoms with Crippen LogP contribution in [-0.2, 0) is 9.59 Å². The highest BCUT2D eigenvalue weighted by atomic mass is 79.9. The zero-order chi connectivity index (χ0) is 14.7. The molecule has 7 heteroatoms. The van der Waals surface area contributed by atoms with Crippen molar-refractivity contribution in [2.24, 2.45) is 0 Å². The van der Waals surface area contributed by atoms with E-state index in [0.29, 0.717) is 16.1 Å². The smallest absolute Gasteiger partial charge is 0.327 e. The van der Waals surface area contributed by atoms with Gasteiger partial charge in [-0.3, -0.25) is 4.79 Å². The Bertz CT molecular complexity index is 579. The molecule has 0 spiro atoms. The van der Waals surface area contributed by atoms with Crippen molar-refractivity contribution in [1.29, 1.82) is 0 Å². The fourth-order valence-corrected chi connectivity index (χ4v) is 3.30. The second kappa shape index (κ2) is 6.41. The lowest BCUT2D eigenvalue weighted by atomic mass is 10.2. The molecule has 1 N–H and O–H groups in total. The molecule has 1 aliphatic rings. The van der Waals surface area contributed by atoms with Gasteiger partial charge in [0.1, 0.15) is 11.9 Å². The first-order chi connectivity index (χ1) is 9.49. The highest BCUT2D eigenvalue weighted by Gasteiger charge is 2.33. The summed E-state index contributed by atoms with van der Waals surface area (Å²) < 4.78 is 14.2. The molecule has 20 heavy (non-hydrogen) atoms. The molecule has 1 unspecified atom stereocenters. The molecule has 1 fully saturated rings. The Labute approximate surface area is 127 Å². The number of rotatable bonds is 3. The highest BCUT2D eigenvalue weighted by molar-refractivity contribution is 9.10. The van der Waals surface area contributed by atoms with Crippen molar-refractivity contribution in [1.82, 2.24) is 4.90 Å². The molecule has 0 saturated carbocycles. The predicted molar refractivity (Wildman–Crippen MR) is 78.7 cm³/mol. The number of benzene rings is 1. The number of aliphatic carboxylic acids is 1. The van der Waals surface area contributed by atoms with E-state index in [0.717, 1.165) is 0 Å². The summed E-state index contributed by atoms with van der Waals surface area (Å²) in [5.41, 5.74) is 0.270. The van der Waals surface area contributed by atoms with E-state index in [-0.39, 0.29) is 5.56 Å². The Morgan fingerprint density at radius 1 is 1.50 bits per heavy atom. The van der Waals surface area contributed by atoms with Gasteiger partial charge in [0.2, 0.25) is 5.91 Å². The van der Waals surface area contributed by atoms with Crippen molar-refractivity contribution in [2.45, 2.75) is 6.04 Å². The van der Waals surface area contributed by atoms with Crippen molar-refractivity contribution >= 4 is 45.6 Å². The molecule has 106 valence electrons. The molecule has 1 aliphatic heterocycles. The van der Waals surface area contributed by atoms with Crippen LogP contribution < -0.4 is 0 Å². The molecule has 1 aromatic rings. The Morgan fingerprint density at radius 3 is 2.95 bits per heavy atom. The van der Waals surface area contributed by atoms with E-state index >= 15 is 0 Å². The van der Waals surface area contributed by atoms with E-state index < -0.39 is 23.7 Å². The molecule has 1 aromatic carbocycles. The number of nitrogens with zero attached hydrogens (tertiary/aromatic N) is 1. The lowest BCUT2D eigenvalue weighted by Crippen LogP contribution is -2.40. The largest absolute Gasteiger partial charge is 0.480 e. The maximum atomic E-state index is 13.5. The fourth-order valence-electron chi connectivity index (χ4n) is 1.76. The molecular formula is C13H11BrFNO3S. The van der Waals surface area contributed by atoms with Crippen LogP contribution in [0, 0.1) is 5.82 Å². The van der Waals surface area contributed by atoms with E-state index in [1.165, 1.54) is 34.9 Å². The summed E-state index contributed by atoms with van der Waals surface area (Å²) in [6.07, 6.45) is 2.55. The maximum absolute atomic E-state index is 13.5. The van der Waals surface area contributed by atoms with Crippen LogP contribution in [0.4, 0.5) is 4.39 Å². The monoisotopic (exact) mass is 359 g/mol. The Morgan fingerprint density at radius 2 is 2.25 bits per heavy atom. The van der Waals surface area contributed by atoms with Crippen molar-refractivity contribution < 1.29 is 19.1 Å². The summed E-state index contributed by atoms with van der Waals surface area (Å²) in [7, 11) is 0. The Kier molecular flexibility index (Phi) is 4.82. The molecule has 4 nitrogen and oxygen atoms in total. The predicted octanol–water partition coefficient (Wildman–Crippen LogP) is 2.59. The third kappa shape index (κ3) is 3.40. The van der Waals surface area contributed by atoms with Gasteiger partial charge in [-0.25, -0.2) is 9.18 Å². The summed E-state index contributed by atoms with van der Waals surface area (Å²) in [6, 6.07) is 3.59. The number of carbonyl (C=O) groups excluding carboxylic acids is 1. The van der Waals surface area contributed by atoms with Crippen LogP contribution in [-0.4, -0.2) is 39.6 Å². The lowest BCUT2D eigenvalue weighted by molar-refractivity contribution is -0.146. The standard InChI is InChI=1S/C13H11BrFNO3S/c14-9-2-3-10(15)8(5-9)1-4-12(17)16-7-20-6-11(16)13(18)19/h1-5,11H,6-7H2,(H,18,19)/b4-1+. The van der Waals surface area contributed by atoms with E-state index in [4.69, 9.17) is 5.11 Å². The minimum Gasteiger partial charge on any atom is -0.480 e. The molecule has 1 amide bonds. The van der Waals surface area contributed by atoms with Gasteiger partial charge in [0.25, 0.3) is 0 Å². The molecule has 1 saturated heterocycles. The number of amides is 1. The molecule has 0 bridgehead atoms. The minimum absolute atomic E-state index is 0.270. The van der Waals surface area contributed by atoms with Crippen molar-refractivity contribution in [3.8, 4) is 0 Å². The number of carboxylic acid groups (broad SMARTS) is 1. The second-order valence-corrected chi connectivity index (χ2v) is 6.08. The number of carbonyl (C=O) groups is 2. The normalized spacial score (nSPS) is 18.7. The molecule has 0 aromatic heterocycles. The summed E-state index contributed by atoms with van der Waals surface area (Å²) in [5, 5.41) is 9.00. The first-order valence-electron chi connectivity index (χ1n) is 5.73. The highest BCUT2D eigenvalue weighted by Crippen LogP contribution is 2.22. The van der Waals surface area contributed by atoms with Gasteiger partial charge in [0.15, 0.2) is 0 Å². The molecule has 0 aliphatic carbocycles. The van der Waals surface area contributed by atoms with E-state index in [2.05, 4.69) is 15.9 Å². The van der Waals surface area contributed by atoms with Crippen LogP contribution in [0.2, 0.25) is 0 Å². The first kappa shape index (κ1) is 15.1. The van der Waals surface area contributed by atoms with E-state index in [9.17, 15) is 14.0 Å². The number of hydrogen-bond donors (Lipinski definition) is 1. The second-order valence-electron chi connectivity index (χ2n) is 4.16. The van der Waals surface area contributed by atoms with Gasteiger partial charge in [0, 0.05) is 21.9 Å². The third-order valence-electron chi connectivity index (χ3n) is 2.81. The van der Waals surface area contributed by atoms with Gasteiger partial charge in [0.05, 0.1) is 5.88 Å². The number of halogens is 2. The summed E-state index contributed by atoms with van der Waals surface area (Å²) in [5.74, 6) is -1.18. The van der Waals surface area contributed by atoms with Crippen LogP contribution >= 0.6 is 27.7 Å².